The van der Waals surface area contributed by atoms with Crippen molar-refractivity contribution in [3.63, 3.8) is 0 Å². The molecule has 124 valence electrons. The van der Waals surface area contributed by atoms with E-state index in [1.54, 1.807) is 24.3 Å². The Labute approximate surface area is 135 Å². The lowest BCUT2D eigenvalue weighted by Crippen LogP contribution is -2.40. The first kappa shape index (κ1) is 17.0. The lowest BCUT2D eigenvalue weighted by Gasteiger charge is -2.21. The van der Waals surface area contributed by atoms with Crippen LogP contribution in [0.2, 0.25) is 0 Å². The molecule has 1 atom stereocenters. The number of Topliss-reactive ketones (excluding diaryl/α,β-unsaturated/α-hetero) is 1. The molecule has 0 aromatic heterocycles. The first-order valence-electron chi connectivity index (χ1n) is 7.75. The summed E-state index contributed by atoms with van der Waals surface area (Å²) in [5, 5.41) is 9.07. The number of hydrogen-bond donors (Lipinski definition) is 1. The lowest BCUT2D eigenvalue weighted by atomic mass is 10.1. The van der Waals surface area contributed by atoms with E-state index in [1.807, 2.05) is 0 Å². The van der Waals surface area contributed by atoms with Crippen molar-refractivity contribution in [3.8, 4) is 5.75 Å². The molecule has 0 bridgehead atoms. The van der Waals surface area contributed by atoms with Gasteiger partial charge in [-0.3, -0.25) is 9.59 Å². The number of nitrogens with zero attached hydrogens (tertiary/aromatic N) is 1. The summed E-state index contributed by atoms with van der Waals surface area (Å²) in [5.74, 6) is -0.420. The van der Waals surface area contributed by atoms with Crippen LogP contribution in [0.25, 0.3) is 0 Å². The molecule has 23 heavy (non-hydrogen) atoms. The second kappa shape index (κ2) is 7.76. The van der Waals surface area contributed by atoms with E-state index in [0.29, 0.717) is 37.3 Å². The molecule has 1 aromatic rings. The molecule has 1 saturated heterocycles. The standard InChI is InChI=1S/C17H21NO5/c1-12(19)13-6-8-14(9-7-13)23-11-3-5-16(20)18-10-2-4-15(18)17(21)22/h6-9,15H,2-5,10-11H2,1H3,(H,21,22)/t15-/m0/s1. The van der Waals surface area contributed by atoms with Gasteiger partial charge in [-0.15, -0.1) is 0 Å². The highest BCUT2D eigenvalue weighted by Gasteiger charge is 2.33. The molecule has 6 heteroatoms. The van der Waals surface area contributed by atoms with E-state index in [0.717, 1.165) is 6.42 Å². The van der Waals surface area contributed by atoms with Crippen LogP contribution in [0.3, 0.4) is 0 Å². The first-order valence-corrected chi connectivity index (χ1v) is 7.75. The SMILES string of the molecule is CC(=O)c1ccc(OCCCC(=O)N2CCC[C@H]2C(=O)O)cc1. The Morgan fingerprint density at radius 1 is 1.26 bits per heavy atom. The quantitative estimate of drug-likeness (QED) is 0.615. The second-order valence-electron chi connectivity index (χ2n) is 5.62. The number of carbonyl (C=O) groups is 3. The Hall–Kier alpha value is -2.37. The number of rotatable bonds is 7. The Balaban J connectivity index is 1.73. The molecule has 1 heterocycles. The molecular weight excluding hydrogens is 298 g/mol. The Morgan fingerprint density at radius 2 is 1.96 bits per heavy atom. The first-order chi connectivity index (χ1) is 11.0. The summed E-state index contributed by atoms with van der Waals surface area (Å²) < 4.78 is 5.53. The van der Waals surface area contributed by atoms with Gasteiger partial charge < -0.3 is 14.7 Å². The molecule has 1 fully saturated rings. The number of amides is 1. The lowest BCUT2D eigenvalue weighted by molar-refractivity contribution is -0.148. The van der Waals surface area contributed by atoms with Gasteiger partial charge >= 0.3 is 5.97 Å². The smallest absolute Gasteiger partial charge is 0.326 e. The monoisotopic (exact) mass is 319 g/mol. The number of benzene rings is 1. The van der Waals surface area contributed by atoms with Gasteiger partial charge in [-0.25, -0.2) is 4.79 Å². The molecular formula is C17H21NO5. The highest BCUT2D eigenvalue weighted by molar-refractivity contribution is 5.94. The van der Waals surface area contributed by atoms with E-state index in [-0.39, 0.29) is 18.1 Å². The van der Waals surface area contributed by atoms with Gasteiger partial charge in [0, 0.05) is 18.5 Å². The van der Waals surface area contributed by atoms with Gasteiger partial charge in [0.25, 0.3) is 0 Å². The summed E-state index contributed by atoms with van der Waals surface area (Å²) in [5.41, 5.74) is 0.626. The fraction of sp³-hybridized carbons (Fsp3) is 0.471. The maximum Gasteiger partial charge on any atom is 0.326 e. The van der Waals surface area contributed by atoms with Crippen molar-refractivity contribution in [1.29, 1.82) is 0 Å². The van der Waals surface area contributed by atoms with Crippen molar-refractivity contribution in [2.45, 2.75) is 38.6 Å². The fourth-order valence-corrected chi connectivity index (χ4v) is 2.66. The van der Waals surface area contributed by atoms with E-state index < -0.39 is 12.0 Å². The molecule has 0 radical (unpaired) electrons. The zero-order valence-corrected chi connectivity index (χ0v) is 13.2. The van der Waals surface area contributed by atoms with E-state index in [4.69, 9.17) is 9.84 Å². The second-order valence-corrected chi connectivity index (χ2v) is 5.62. The van der Waals surface area contributed by atoms with Crippen LogP contribution in [0.4, 0.5) is 0 Å². The average molecular weight is 319 g/mol. The predicted octanol–water partition coefficient (Wildman–Crippen LogP) is 2.12. The third-order valence-corrected chi connectivity index (χ3v) is 3.92. The molecule has 0 aliphatic carbocycles. The largest absolute Gasteiger partial charge is 0.494 e. The summed E-state index contributed by atoms with van der Waals surface area (Å²) in [4.78, 5) is 35.7. The Bertz CT molecular complexity index is 581. The van der Waals surface area contributed by atoms with Gasteiger partial charge in [-0.1, -0.05) is 0 Å². The molecule has 0 saturated carbocycles. The normalized spacial score (nSPS) is 17.1. The zero-order chi connectivity index (χ0) is 16.8. The summed E-state index contributed by atoms with van der Waals surface area (Å²) >= 11 is 0. The summed E-state index contributed by atoms with van der Waals surface area (Å²) in [6.45, 7) is 2.39. The third kappa shape index (κ3) is 4.55. The number of likely N-dealkylation sites (tertiary alicyclic amines) is 1. The molecule has 6 nitrogen and oxygen atoms in total. The molecule has 1 aromatic carbocycles. The average Bonchev–Trinajstić information content (AvgIpc) is 3.01. The maximum atomic E-state index is 12.1. The van der Waals surface area contributed by atoms with Crippen LogP contribution in [0.5, 0.6) is 5.75 Å². The van der Waals surface area contributed by atoms with Gasteiger partial charge in [0.2, 0.25) is 5.91 Å². The predicted molar refractivity (Wildman–Crippen MR) is 83.5 cm³/mol. The maximum absolute atomic E-state index is 12.1. The molecule has 1 aliphatic rings. The van der Waals surface area contributed by atoms with Crippen molar-refractivity contribution in [2.75, 3.05) is 13.2 Å². The van der Waals surface area contributed by atoms with Gasteiger partial charge in [0.1, 0.15) is 11.8 Å². The van der Waals surface area contributed by atoms with Gasteiger partial charge in [-0.2, -0.15) is 0 Å². The van der Waals surface area contributed by atoms with E-state index in [2.05, 4.69) is 0 Å². The van der Waals surface area contributed by atoms with E-state index in [9.17, 15) is 14.4 Å². The third-order valence-electron chi connectivity index (χ3n) is 3.92. The molecule has 0 unspecified atom stereocenters. The number of carbonyl (C=O) groups excluding carboxylic acids is 2. The van der Waals surface area contributed by atoms with Crippen molar-refractivity contribution >= 4 is 17.7 Å². The van der Waals surface area contributed by atoms with Crippen LogP contribution >= 0.6 is 0 Å². The van der Waals surface area contributed by atoms with Gasteiger partial charge in [0.15, 0.2) is 5.78 Å². The molecule has 0 spiro atoms. The van der Waals surface area contributed by atoms with E-state index >= 15 is 0 Å². The summed E-state index contributed by atoms with van der Waals surface area (Å²) in [7, 11) is 0. The highest BCUT2D eigenvalue weighted by Crippen LogP contribution is 2.19. The minimum atomic E-state index is -0.933. The van der Waals surface area contributed by atoms with Crippen LogP contribution in [-0.4, -0.2) is 46.9 Å². The van der Waals surface area contributed by atoms with Crippen LogP contribution in [0.1, 0.15) is 43.0 Å². The fourth-order valence-electron chi connectivity index (χ4n) is 2.66. The van der Waals surface area contributed by atoms with Crippen LogP contribution in [0.15, 0.2) is 24.3 Å². The summed E-state index contributed by atoms with van der Waals surface area (Å²) in [6.07, 6.45) is 2.06. The van der Waals surface area contributed by atoms with Crippen molar-refractivity contribution in [1.82, 2.24) is 4.90 Å². The van der Waals surface area contributed by atoms with Crippen molar-refractivity contribution in [3.05, 3.63) is 29.8 Å². The Kier molecular flexibility index (Phi) is 5.73. The van der Waals surface area contributed by atoms with Gasteiger partial charge in [0.05, 0.1) is 6.61 Å². The Morgan fingerprint density at radius 3 is 2.57 bits per heavy atom. The summed E-state index contributed by atoms with van der Waals surface area (Å²) in [6, 6.07) is 6.16. The molecule has 1 aliphatic heterocycles. The topological polar surface area (TPSA) is 83.9 Å². The van der Waals surface area contributed by atoms with E-state index in [1.165, 1.54) is 11.8 Å². The van der Waals surface area contributed by atoms with Crippen molar-refractivity contribution in [2.24, 2.45) is 0 Å². The number of ketones is 1. The van der Waals surface area contributed by atoms with Gasteiger partial charge in [-0.05, 0) is 50.5 Å². The number of carboxylic acids is 1. The minimum Gasteiger partial charge on any atom is -0.494 e. The highest BCUT2D eigenvalue weighted by atomic mass is 16.5. The molecule has 1 amide bonds. The minimum absolute atomic E-state index is 0.000689. The van der Waals surface area contributed by atoms with Crippen molar-refractivity contribution < 1.29 is 24.2 Å². The number of carboxylic acid groups (broad SMARTS) is 1. The number of ether oxygens (including phenoxy) is 1. The van der Waals surface area contributed by atoms with Crippen LogP contribution < -0.4 is 4.74 Å². The molecule has 2 rings (SSSR count). The van der Waals surface area contributed by atoms with Crippen LogP contribution in [-0.2, 0) is 9.59 Å². The zero-order valence-electron chi connectivity index (χ0n) is 13.2. The number of hydrogen-bond acceptors (Lipinski definition) is 4. The van der Waals surface area contributed by atoms with Crippen LogP contribution in [0, 0.1) is 0 Å². The molecule has 1 N–H and O–H groups in total. The number of aliphatic carboxylic acids is 1.